The van der Waals surface area contributed by atoms with Crippen LogP contribution in [0.3, 0.4) is 0 Å². The first-order valence-corrected chi connectivity index (χ1v) is 4.27. The van der Waals surface area contributed by atoms with Crippen LogP contribution in [0.1, 0.15) is 0 Å². The van der Waals surface area contributed by atoms with E-state index in [4.69, 9.17) is 5.73 Å². The minimum absolute atomic E-state index is 0.696. The molecule has 1 rings (SSSR count). The highest BCUT2D eigenvalue weighted by atomic mass is 15.3. The Bertz CT molecular complexity index is 265. The lowest BCUT2D eigenvalue weighted by Crippen LogP contribution is -2.21. The summed E-state index contributed by atoms with van der Waals surface area (Å²) in [6, 6.07) is 0. The second-order valence-electron chi connectivity index (χ2n) is 3.34. The molecule has 0 saturated heterocycles. The summed E-state index contributed by atoms with van der Waals surface area (Å²) in [5.74, 6) is 0.768. The fourth-order valence-corrected chi connectivity index (χ4v) is 1.04. The zero-order chi connectivity index (χ0) is 9.84. The average Bonchev–Trinajstić information content (AvgIpc) is 2.29. The summed E-state index contributed by atoms with van der Waals surface area (Å²) in [4.78, 5) is 2.10. The maximum Gasteiger partial charge on any atom is 0.171 e. The molecule has 74 valence electrons. The largest absolute Gasteiger partial charge is 0.394 e. The van der Waals surface area contributed by atoms with Crippen LogP contribution in [0.4, 0.5) is 11.5 Å². The number of anilines is 2. The molecule has 0 radical (unpaired) electrons. The van der Waals surface area contributed by atoms with Gasteiger partial charge in [-0.2, -0.15) is 5.10 Å². The Kier molecular flexibility index (Phi) is 3.13. The van der Waals surface area contributed by atoms with Crippen molar-refractivity contribution in [3.05, 3.63) is 6.20 Å². The van der Waals surface area contributed by atoms with E-state index in [2.05, 4.69) is 15.3 Å². The van der Waals surface area contributed by atoms with E-state index >= 15 is 0 Å². The van der Waals surface area contributed by atoms with E-state index < -0.39 is 0 Å². The first-order chi connectivity index (χ1) is 6.09. The summed E-state index contributed by atoms with van der Waals surface area (Å²) in [7, 11) is 5.92. The predicted molar refractivity (Wildman–Crippen MR) is 54.7 cm³/mol. The lowest BCUT2D eigenvalue weighted by atomic mass is 10.5. The molecule has 0 aliphatic carbocycles. The summed E-state index contributed by atoms with van der Waals surface area (Å²) in [6.07, 6.45) is 1.79. The molecule has 0 aromatic carbocycles. The quantitative estimate of drug-likeness (QED) is 0.688. The number of hydrogen-bond donors (Lipinski definition) is 2. The van der Waals surface area contributed by atoms with E-state index in [0.29, 0.717) is 5.69 Å². The number of aromatic nitrogens is 2. The molecule has 0 unspecified atom stereocenters. The van der Waals surface area contributed by atoms with Gasteiger partial charge in [0.25, 0.3) is 0 Å². The van der Waals surface area contributed by atoms with Gasteiger partial charge in [0.2, 0.25) is 0 Å². The van der Waals surface area contributed by atoms with E-state index in [1.165, 1.54) is 0 Å². The lowest BCUT2D eigenvalue weighted by Gasteiger charge is -2.09. The summed E-state index contributed by atoms with van der Waals surface area (Å²) in [6.45, 7) is 1.82. The molecule has 1 aromatic rings. The number of hydrogen-bond acceptors (Lipinski definition) is 4. The first-order valence-electron chi connectivity index (χ1n) is 4.27. The second-order valence-corrected chi connectivity index (χ2v) is 3.34. The van der Waals surface area contributed by atoms with Gasteiger partial charge in [0.1, 0.15) is 0 Å². The molecule has 3 N–H and O–H groups in total. The summed E-state index contributed by atoms with van der Waals surface area (Å²) >= 11 is 0. The van der Waals surface area contributed by atoms with Crippen LogP contribution in [-0.4, -0.2) is 41.9 Å². The van der Waals surface area contributed by atoms with E-state index in [9.17, 15) is 0 Å². The van der Waals surface area contributed by atoms with Gasteiger partial charge < -0.3 is 16.0 Å². The van der Waals surface area contributed by atoms with Crippen LogP contribution in [0.25, 0.3) is 0 Å². The normalized spacial score (nSPS) is 10.8. The molecule has 0 fully saturated rings. The minimum atomic E-state index is 0.696. The van der Waals surface area contributed by atoms with Gasteiger partial charge in [0, 0.05) is 26.3 Å². The first kappa shape index (κ1) is 9.85. The summed E-state index contributed by atoms with van der Waals surface area (Å²) in [5.41, 5.74) is 6.39. The van der Waals surface area contributed by atoms with E-state index in [0.717, 1.165) is 18.9 Å². The van der Waals surface area contributed by atoms with Crippen molar-refractivity contribution in [1.82, 2.24) is 14.7 Å². The zero-order valence-electron chi connectivity index (χ0n) is 8.41. The van der Waals surface area contributed by atoms with Crippen LogP contribution >= 0.6 is 0 Å². The Morgan fingerprint density at radius 3 is 2.77 bits per heavy atom. The molecule has 1 aromatic heterocycles. The highest BCUT2D eigenvalue weighted by Gasteiger charge is 2.02. The van der Waals surface area contributed by atoms with Gasteiger partial charge in [-0.3, -0.25) is 4.68 Å². The molecule has 0 saturated carbocycles. The summed E-state index contributed by atoms with van der Waals surface area (Å²) in [5, 5.41) is 7.34. The molecule has 0 aliphatic heterocycles. The third-order valence-corrected chi connectivity index (χ3v) is 1.71. The van der Waals surface area contributed by atoms with Gasteiger partial charge in [-0.1, -0.05) is 0 Å². The van der Waals surface area contributed by atoms with E-state index in [1.807, 2.05) is 21.1 Å². The molecule has 5 nitrogen and oxygen atoms in total. The molecule has 5 heteroatoms. The molecule has 0 aliphatic rings. The topological polar surface area (TPSA) is 59.1 Å². The van der Waals surface area contributed by atoms with Gasteiger partial charge in [-0.15, -0.1) is 0 Å². The van der Waals surface area contributed by atoms with Crippen LogP contribution in [0.5, 0.6) is 0 Å². The predicted octanol–water partition coefficient (Wildman–Crippen LogP) is -0.0242. The zero-order valence-corrected chi connectivity index (χ0v) is 8.41. The van der Waals surface area contributed by atoms with E-state index in [1.54, 1.807) is 10.9 Å². The number of rotatable bonds is 4. The Morgan fingerprint density at radius 1 is 1.62 bits per heavy atom. The molecular weight excluding hydrogens is 166 g/mol. The average molecular weight is 183 g/mol. The van der Waals surface area contributed by atoms with Crippen molar-refractivity contribution in [2.45, 2.75) is 0 Å². The third kappa shape index (κ3) is 2.95. The molecule has 13 heavy (non-hydrogen) atoms. The molecule has 0 spiro atoms. The Balaban J connectivity index is 2.40. The van der Waals surface area contributed by atoms with Crippen molar-refractivity contribution in [1.29, 1.82) is 0 Å². The van der Waals surface area contributed by atoms with Gasteiger partial charge >= 0.3 is 0 Å². The molecular formula is C8H17N5. The Labute approximate surface area is 78.5 Å². The van der Waals surface area contributed by atoms with Crippen molar-refractivity contribution in [3.8, 4) is 0 Å². The van der Waals surface area contributed by atoms with Crippen molar-refractivity contribution in [3.63, 3.8) is 0 Å². The Hall–Kier alpha value is -1.23. The van der Waals surface area contributed by atoms with Crippen molar-refractivity contribution in [2.24, 2.45) is 7.05 Å². The fourth-order valence-electron chi connectivity index (χ4n) is 1.04. The maximum absolute atomic E-state index is 5.70. The number of nitrogens with zero attached hydrogens (tertiary/aromatic N) is 3. The van der Waals surface area contributed by atoms with Crippen molar-refractivity contribution in [2.75, 3.05) is 38.2 Å². The maximum atomic E-state index is 5.70. The molecule has 0 amide bonds. The second kappa shape index (κ2) is 4.13. The van der Waals surface area contributed by atoms with Gasteiger partial charge in [0.15, 0.2) is 5.82 Å². The highest BCUT2D eigenvalue weighted by Crippen LogP contribution is 2.13. The van der Waals surface area contributed by atoms with Crippen LogP contribution in [0, 0.1) is 0 Å². The minimum Gasteiger partial charge on any atom is -0.394 e. The van der Waals surface area contributed by atoms with Gasteiger partial charge in [-0.05, 0) is 14.1 Å². The van der Waals surface area contributed by atoms with Crippen LogP contribution in [-0.2, 0) is 7.05 Å². The number of nitrogens with one attached hydrogen (secondary N) is 1. The molecule has 0 atom stereocenters. The molecule has 0 bridgehead atoms. The van der Waals surface area contributed by atoms with E-state index in [-0.39, 0.29) is 0 Å². The highest BCUT2D eigenvalue weighted by molar-refractivity contribution is 5.59. The number of nitrogens with two attached hydrogens (primary N) is 1. The van der Waals surface area contributed by atoms with Gasteiger partial charge in [-0.25, -0.2) is 0 Å². The smallest absolute Gasteiger partial charge is 0.171 e. The van der Waals surface area contributed by atoms with Crippen LogP contribution in [0.2, 0.25) is 0 Å². The molecule has 1 heterocycles. The monoisotopic (exact) mass is 183 g/mol. The fraction of sp³-hybridized carbons (Fsp3) is 0.625. The SMILES string of the molecule is CN(C)CCNc1nn(C)cc1N. The number of likely N-dealkylation sites (N-methyl/N-ethyl adjacent to an activating group) is 1. The van der Waals surface area contributed by atoms with Crippen LogP contribution < -0.4 is 11.1 Å². The van der Waals surface area contributed by atoms with Gasteiger partial charge in [0.05, 0.1) is 5.69 Å². The van der Waals surface area contributed by atoms with Crippen molar-refractivity contribution >= 4 is 11.5 Å². The van der Waals surface area contributed by atoms with Crippen molar-refractivity contribution < 1.29 is 0 Å². The standard InChI is InChI=1S/C8H17N5/c1-12(2)5-4-10-8-7(9)6-13(3)11-8/h6H,4-5,9H2,1-3H3,(H,10,11). The number of nitrogen functional groups attached to an aromatic ring is 1. The Morgan fingerprint density at radius 2 is 2.31 bits per heavy atom. The number of aryl methyl sites for hydroxylation is 1. The summed E-state index contributed by atoms with van der Waals surface area (Å²) < 4.78 is 1.70. The lowest BCUT2D eigenvalue weighted by molar-refractivity contribution is 0.425. The third-order valence-electron chi connectivity index (χ3n) is 1.71. The van der Waals surface area contributed by atoms with Crippen LogP contribution in [0.15, 0.2) is 6.20 Å².